The minimum absolute atomic E-state index is 0.0992. The van der Waals surface area contributed by atoms with Crippen LogP contribution in [0.1, 0.15) is 16.1 Å². The van der Waals surface area contributed by atoms with E-state index in [1.165, 1.54) is 30.0 Å². The highest BCUT2D eigenvalue weighted by atomic mass is 32.2. The summed E-state index contributed by atoms with van der Waals surface area (Å²) in [4.78, 5) is 40.0. The third-order valence-electron chi connectivity index (χ3n) is 2.65. The number of carbonyl (C=O) groups excluding carboxylic acids is 1. The van der Waals surface area contributed by atoms with Gasteiger partial charge in [-0.25, -0.2) is 10.4 Å². The van der Waals surface area contributed by atoms with E-state index in [-0.39, 0.29) is 16.9 Å². The molecule has 118 valence electrons. The van der Waals surface area contributed by atoms with Gasteiger partial charge in [0.05, 0.1) is 16.7 Å². The summed E-state index contributed by atoms with van der Waals surface area (Å²) in [6.07, 6.45) is 2.85. The van der Waals surface area contributed by atoms with Gasteiger partial charge in [-0.1, -0.05) is 23.9 Å². The molecule has 1 amide bonds. The Hall–Kier alpha value is -3.01. The number of thioether (sulfide) groups is 1. The number of nitro benzene ring substituents is 1. The van der Waals surface area contributed by atoms with Gasteiger partial charge in [-0.05, 0) is 12.3 Å². The molecule has 0 bridgehead atoms. The van der Waals surface area contributed by atoms with E-state index in [1.54, 1.807) is 12.3 Å². The van der Waals surface area contributed by atoms with Crippen molar-refractivity contribution in [3.05, 3.63) is 62.1 Å². The van der Waals surface area contributed by atoms with Crippen molar-refractivity contribution in [2.45, 2.75) is 5.16 Å². The predicted molar refractivity (Wildman–Crippen MR) is 84.8 cm³/mol. The number of hydrogen-bond donors (Lipinski definition) is 2. The average molecular weight is 333 g/mol. The van der Waals surface area contributed by atoms with E-state index in [4.69, 9.17) is 0 Å². The van der Waals surface area contributed by atoms with Gasteiger partial charge in [0.2, 0.25) is 0 Å². The molecule has 0 saturated carbocycles. The normalized spacial score (nSPS) is 10.7. The second kappa shape index (κ2) is 7.31. The second-order valence-electron chi connectivity index (χ2n) is 4.15. The van der Waals surface area contributed by atoms with Gasteiger partial charge < -0.3 is 4.98 Å². The molecule has 23 heavy (non-hydrogen) atoms. The summed E-state index contributed by atoms with van der Waals surface area (Å²) < 4.78 is 0. The number of rotatable bonds is 5. The van der Waals surface area contributed by atoms with Gasteiger partial charge in [0.1, 0.15) is 5.69 Å². The second-order valence-corrected chi connectivity index (χ2v) is 4.95. The minimum Gasteiger partial charge on any atom is -0.301 e. The lowest BCUT2D eigenvalue weighted by Crippen LogP contribution is -2.22. The quantitative estimate of drug-likeness (QED) is 0.278. The van der Waals surface area contributed by atoms with Crippen LogP contribution in [0.5, 0.6) is 0 Å². The number of aromatic amines is 1. The number of carbonyl (C=O) groups is 1. The third-order valence-corrected chi connectivity index (χ3v) is 3.23. The number of para-hydroxylation sites is 1. The number of nitrogens with zero attached hydrogens (tertiary/aromatic N) is 3. The minimum atomic E-state index is -0.693. The summed E-state index contributed by atoms with van der Waals surface area (Å²) >= 11 is 1.18. The molecule has 0 atom stereocenters. The van der Waals surface area contributed by atoms with Crippen molar-refractivity contribution in [3.8, 4) is 0 Å². The summed E-state index contributed by atoms with van der Waals surface area (Å²) in [6, 6.07) is 6.99. The van der Waals surface area contributed by atoms with Gasteiger partial charge in [0.25, 0.3) is 17.2 Å². The van der Waals surface area contributed by atoms with E-state index in [1.807, 2.05) is 0 Å². The molecule has 0 aliphatic heterocycles. The number of aromatic nitrogens is 2. The zero-order chi connectivity index (χ0) is 16.8. The summed E-state index contributed by atoms with van der Waals surface area (Å²) in [6.45, 7) is 0. The van der Waals surface area contributed by atoms with E-state index in [2.05, 4.69) is 20.5 Å². The van der Waals surface area contributed by atoms with Crippen LogP contribution in [-0.2, 0) is 0 Å². The highest BCUT2D eigenvalue weighted by Gasteiger charge is 2.11. The highest BCUT2D eigenvalue weighted by Crippen LogP contribution is 2.15. The van der Waals surface area contributed by atoms with E-state index in [9.17, 15) is 19.7 Å². The maximum absolute atomic E-state index is 11.9. The Morgan fingerprint density at radius 3 is 2.91 bits per heavy atom. The van der Waals surface area contributed by atoms with Crippen molar-refractivity contribution in [2.24, 2.45) is 5.10 Å². The van der Waals surface area contributed by atoms with Gasteiger partial charge in [-0.15, -0.1) is 0 Å². The Balaban J connectivity index is 2.15. The summed E-state index contributed by atoms with van der Waals surface area (Å²) in [7, 11) is 0. The van der Waals surface area contributed by atoms with Gasteiger partial charge in [-0.3, -0.25) is 19.7 Å². The zero-order valence-electron chi connectivity index (χ0n) is 11.8. The molecule has 1 aromatic carbocycles. The number of nitro groups is 1. The van der Waals surface area contributed by atoms with Crippen molar-refractivity contribution in [2.75, 3.05) is 6.26 Å². The Labute approximate surface area is 134 Å². The molecule has 2 N–H and O–H groups in total. The lowest BCUT2D eigenvalue weighted by molar-refractivity contribution is -0.385. The molecular weight excluding hydrogens is 322 g/mol. The topological polar surface area (TPSA) is 130 Å². The van der Waals surface area contributed by atoms with Crippen LogP contribution in [0.15, 0.2) is 45.4 Å². The van der Waals surface area contributed by atoms with E-state index in [0.29, 0.717) is 5.16 Å². The van der Waals surface area contributed by atoms with Gasteiger partial charge in [0, 0.05) is 12.1 Å². The fraction of sp³-hybridized carbons (Fsp3) is 0.0769. The number of hydrogen-bond acceptors (Lipinski definition) is 7. The smallest absolute Gasteiger partial charge is 0.290 e. The monoisotopic (exact) mass is 333 g/mol. The molecule has 0 unspecified atom stereocenters. The number of nitrogens with one attached hydrogen (secondary N) is 2. The van der Waals surface area contributed by atoms with Crippen LogP contribution >= 0.6 is 11.8 Å². The number of H-pyrrole nitrogens is 1. The first kappa shape index (κ1) is 16.4. The molecule has 1 heterocycles. The first-order chi connectivity index (χ1) is 11.0. The van der Waals surface area contributed by atoms with Gasteiger partial charge in [-0.2, -0.15) is 5.10 Å². The van der Waals surface area contributed by atoms with Crippen molar-refractivity contribution < 1.29 is 9.72 Å². The van der Waals surface area contributed by atoms with Crippen molar-refractivity contribution >= 4 is 29.6 Å². The van der Waals surface area contributed by atoms with E-state index in [0.717, 1.165) is 12.3 Å². The standard InChI is InChI=1S/C13H11N5O4S/c1-23-13-15-9(6-11(19)16-13)12(20)17-14-7-8-4-2-3-5-10(8)18(21)22/h2-7H,1H3,(H,17,20)(H,15,16,19). The SMILES string of the molecule is CSc1nc(C(=O)NN=Cc2ccccc2[N+](=O)[O-])cc(=O)[nH]1. The van der Waals surface area contributed by atoms with Crippen LogP contribution < -0.4 is 11.0 Å². The molecule has 10 heteroatoms. The van der Waals surface area contributed by atoms with Crippen LogP contribution in [0.4, 0.5) is 5.69 Å². The molecule has 2 aromatic rings. The van der Waals surface area contributed by atoms with Crippen LogP contribution in [-0.4, -0.2) is 33.3 Å². The summed E-state index contributed by atoms with van der Waals surface area (Å²) in [5, 5.41) is 14.8. The number of hydrazone groups is 1. The molecule has 0 fully saturated rings. The molecular formula is C13H11N5O4S. The van der Waals surface area contributed by atoms with Crippen molar-refractivity contribution in [3.63, 3.8) is 0 Å². The number of amides is 1. The van der Waals surface area contributed by atoms with Gasteiger partial charge >= 0.3 is 0 Å². The molecule has 0 saturated heterocycles. The predicted octanol–water partition coefficient (Wildman–Crippen LogP) is 1.16. The number of benzene rings is 1. The summed E-state index contributed by atoms with van der Waals surface area (Å²) in [5.74, 6) is -0.693. The fourth-order valence-electron chi connectivity index (χ4n) is 1.63. The van der Waals surface area contributed by atoms with Crippen LogP contribution in [0.3, 0.4) is 0 Å². The lowest BCUT2D eigenvalue weighted by atomic mass is 10.2. The van der Waals surface area contributed by atoms with Gasteiger partial charge in [0.15, 0.2) is 5.16 Å². The molecule has 0 aliphatic carbocycles. The van der Waals surface area contributed by atoms with E-state index < -0.39 is 16.4 Å². The largest absolute Gasteiger partial charge is 0.301 e. The van der Waals surface area contributed by atoms with Crippen LogP contribution in [0.25, 0.3) is 0 Å². The third kappa shape index (κ3) is 4.23. The average Bonchev–Trinajstić information content (AvgIpc) is 2.54. The molecule has 1 aromatic heterocycles. The Kier molecular flexibility index (Phi) is 5.20. The molecule has 2 rings (SSSR count). The molecule has 0 spiro atoms. The Morgan fingerprint density at radius 2 is 2.22 bits per heavy atom. The molecule has 9 nitrogen and oxygen atoms in total. The first-order valence-electron chi connectivity index (χ1n) is 6.23. The maximum atomic E-state index is 11.9. The van der Waals surface area contributed by atoms with Crippen LogP contribution in [0, 0.1) is 10.1 Å². The summed E-state index contributed by atoms with van der Waals surface area (Å²) in [5.41, 5.74) is 1.72. The Bertz CT molecular complexity index is 833. The lowest BCUT2D eigenvalue weighted by Gasteiger charge is -2.01. The fourth-order valence-corrected chi connectivity index (χ4v) is 2.02. The van der Waals surface area contributed by atoms with Crippen molar-refractivity contribution in [1.82, 2.24) is 15.4 Å². The first-order valence-corrected chi connectivity index (χ1v) is 7.46. The van der Waals surface area contributed by atoms with Crippen molar-refractivity contribution in [1.29, 1.82) is 0 Å². The Morgan fingerprint density at radius 1 is 1.48 bits per heavy atom. The highest BCUT2D eigenvalue weighted by molar-refractivity contribution is 7.98. The van der Waals surface area contributed by atoms with E-state index >= 15 is 0 Å². The maximum Gasteiger partial charge on any atom is 0.290 e. The zero-order valence-corrected chi connectivity index (χ0v) is 12.7. The molecule has 0 radical (unpaired) electrons. The molecule has 0 aliphatic rings. The van der Waals surface area contributed by atoms with Crippen LogP contribution in [0.2, 0.25) is 0 Å².